The first-order chi connectivity index (χ1) is 15.0. The second-order valence-electron chi connectivity index (χ2n) is 7.63. The van der Waals surface area contributed by atoms with Gasteiger partial charge >= 0.3 is 0 Å². The number of hydrogen-bond acceptors (Lipinski definition) is 6. The van der Waals surface area contributed by atoms with Crippen LogP contribution in [-0.2, 0) is 0 Å². The third kappa shape index (κ3) is 4.60. The summed E-state index contributed by atoms with van der Waals surface area (Å²) in [5.41, 5.74) is 1.87. The number of benzene rings is 2. The molecule has 2 heterocycles. The lowest BCUT2D eigenvalue weighted by molar-refractivity contribution is 0.0673. The first-order valence-electron chi connectivity index (χ1n) is 10.3. The van der Waals surface area contributed by atoms with E-state index >= 15 is 0 Å². The molecule has 160 valence electrons. The van der Waals surface area contributed by atoms with E-state index in [1.54, 1.807) is 7.11 Å². The smallest absolute Gasteiger partial charge is 0.254 e. The number of rotatable bonds is 5. The molecule has 0 aliphatic carbocycles. The number of carbonyl (C=O) groups is 1. The van der Waals surface area contributed by atoms with Gasteiger partial charge in [0.05, 0.1) is 7.11 Å². The van der Waals surface area contributed by atoms with Crippen molar-refractivity contribution in [3.05, 3.63) is 72.1 Å². The highest BCUT2D eigenvalue weighted by molar-refractivity contribution is 5.94. The zero-order valence-corrected chi connectivity index (χ0v) is 18.0. The van der Waals surface area contributed by atoms with Gasteiger partial charge in [0, 0.05) is 37.3 Å². The lowest BCUT2D eigenvalue weighted by Crippen LogP contribution is -2.54. The molecule has 1 amide bonds. The molecule has 4 rings (SSSR count). The van der Waals surface area contributed by atoms with E-state index in [1.165, 1.54) is 6.33 Å². The molecule has 3 aromatic rings. The summed E-state index contributed by atoms with van der Waals surface area (Å²) in [7, 11) is 1.60. The van der Waals surface area contributed by atoms with Crippen molar-refractivity contribution in [2.45, 2.75) is 19.9 Å². The van der Waals surface area contributed by atoms with Gasteiger partial charge in [-0.25, -0.2) is 9.97 Å². The predicted octanol–water partition coefficient (Wildman–Crippen LogP) is 3.94. The van der Waals surface area contributed by atoms with Gasteiger partial charge in [-0.2, -0.15) is 0 Å². The average Bonchev–Trinajstić information content (AvgIpc) is 2.79. The topological polar surface area (TPSA) is 67.8 Å². The second-order valence-corrected chi connectivity index (χ2v) is 7.63. The molecule has 1 aliphatic rings. The van der Waals surface area contributed by atoms with E-state index < -0.39 is 0 Å². The standard InChI is InChI=1S/C24H26N4O3/c1-17-8-10-19(11-9-17)24(29)28-13-12-27(15-18(28)2)22-14-23(26-16-25-22)31-21-7-5-4-6-20(21)30-3/h4-11,14,16,18H,12-13,15H2,1-3H3/t18-/m1/s1. The van der Waals surface area contributed by atoms with Gasteiger partial charge in [-0.15, -0.1) is 0 Å². The minimum absolute atomic E-state index is 0.0519. The van der Waals surface area contributed by atoms with E-state index in [0.29, 0.717) is 37.0 Å². The quantitative estimate of drug-likeness (QED) is 0.625. The van der Waals surface area contributed by atoms with Gasteiger partial charge in [0.2, 0.25) is 5.88 Å². The molecule has 0 unspecified atom stereocenters. The van der Waals surface area contributed by atoms with Crippen LogP contribution in [0.15, 0.2) is 60.9 Å². The van der Waals surface area contributed by atoms with Gasteiger partial charge in [-0.1, -0.05) is 29.8 Å². The SMILES string of the molecule is COc1ccccc1Oc1cc(N2CCN(C(=O)c3ccc(C)cc3)[C@H](C)C2)ncn1. The summed E-state index contributed by atoms with van der Waals surface area (Å²) in [6, 6.07) is 17.0. The highest BCUT2D eigenvalue weighted by Gasteiger charge is 2.29. The van der Waals surface area contributed by atoms with Crippen molar-refractivity contribution in [1.29, 1.82) is 0 Å². The minimum Gasteiger partial charge on any atom is -0.493 e. The van der Waals surface area contributed by atoms with Crippen LogP contribution in [0, 0.1) is 6.92 Å². The Bertz CT molecular complexity index is 1050. The zero-order chi connectivity index (χ0) is 21.8. The fourth-order valence-corrected chi connectivity index (χ4v) is 3.70. The van der Waals surface area contributed by atoms with E-state index in [0.717, 1.165) is 16.9 Å². The van der Waals surface area contributed by atoms with Crippen molar-refractivity contribution in [3.63, 3.8) is 0 Å². The van der Waals surface area contributed by atoms with Crippen molar-refractivity contribution in [3.8, 4) is 17.4 Å². The summed E-state index contributed by atoms with van der Waals surface area (Å²) < 4.78 is 11.3. The molecule has 0 N–H and O–H groups in total. The normalized spacial score (nSPS) is 16.2. The number of aryl methyl sites for hydroxylation is 1. The van der Waals surface area contributed by atoms with Gasteiger partial charge in [-0.3, -0.25) is 4.79 Å². The van der Waals surface area contributed by atoms with Crippen LogP contribution in [0.4, 0.5) is 5.82 Å². The summed E-state index contributed by atoms with van der Waals surface area (Å²) in [5, 5.41) is 0. The Morgan fingerprint density at radius 1 is 1.03 bits per heavy atom. The number of amides is 1. The molecule has 1 atom stereocenters. The number of nitrogens with zero attached hydrogens (tertiary/aromatic N) is 4. The molecule has 0 spiro atoms. The Morgan fingerprint density at radius 2 is 1.77 bits per heavy atom. The number of anilines is 1. The van der Waals surface area contributed by atoms with Crippen molar-refractivity contribution >= 4 is 11.7 Å². The van der Waals surface area contributed by atoms with Crippen LogP contribution in [0.3, 0.4) is 0 Å². The molecule has 1 fully saturated rings. The number of ether oxygens (including phenoxy) is 2. The molecule has 0 bridgehead atoms. The molecule has 7 heteroatoms. The van der Waals surface area contributed by atoms with Crippen LogP contribution in [-0.4, -0.2) is 53.6 Å². The fourth-order valence-electron chi connectivity index (χ4n) is 3.70. The summed E-state index contributed by atoms with van der Waals surface area (Å²) in [5.74, 6) is 2.51. The van der Waals surface area contributed by atoms with E-state index in [2.05, 4.69) is 21.8 Å². The number of carbonyl (C=O) groups excluding carboxylic acids is 1. The number of hydrogen-bond donors (Lipinski definition) is 0. The average molecular weight is 418 g/mol. The van der Waals surface area contributed by atoms with Gasteiger partial charge in [-0.05, 0) is 38.1 Å². The van der Waals surface area contributed by atoms with Crippen LogP contribution in [0.5, 0.6) is 17.4 Å². The van der Waals surface area contributed by atoms with Gasteiger partial charge < -0.3 is 19.3 Å². The molecule has 1 aliphatic heterocycles. The molecular weight excluding hydrogens is 392 g/mol. The highest BCUT2D eigenvalue weighted by Crippen LogP contribution is 2.31. The van der Waals surface area contributed by atoms with Crippen LogP contribution in [0.25, 0.3) is 0 Å². The second kappa shape index (κ2) is 9.04. The van der Waals surface area contributed by atoms with Crippen LogP contribution < -0.4 is 14.4 Å². The Hall–Kier alpha value is -3.61. The molecule has 31 heavy (non-hydrogen) atoms. The lowest BCUT2D eigenvalue weighted by atomic mass is 10.1. The largest absolute Gasteiger partial charge is 0.493 e. The Morgan fingerprint density at radius 3 is 2.48 bits per heavy atom. The number of para-hydroxylation sites is 2. The van der Waals surface area contributed by atoms with Crippen molar-refractivity contribution < 1.29 is 14.3 Å². The molecule has 1 saturated heterocycles. The molecule has 1 aromatic heterocycles. The Balaban J connectivity index is 1.45. The summed E-state index contributed by atoms with van der Waals surface area (Å²) in [6.07, 6.45) is 1.49. The monoisotopic (exact) mass is 418 g/mol. The molecule has 0 radical (unpaired) electrons. The van der Waals surface area contributed by atoms with E-state index in [9.17, 15) is 4.79 Å². The molecule has 7 nitrogen and oxygen atoms in total. The summed E-state index contributed by atoms with van der Waals surface area (Å²) >= 11 is 0. The maximum atomic E-state index is 12.9. The van der Waals surface area contributed by atoms with Crippen molar-refractivity contribution in [2.24, 2.45) is 0 Å². The molecular formula is C24H26N4O3. The van der Waals surface area contributed by atoms with Gasteiger partial charge in [0.1, 0.15) is 12.1 Å². The third-order valence-corrected chi connectivity index (χ3v) is 5.42. The fraction of sp³-hybridized carbons (Fsp3) is 0.292. The third-order valence-electron chi connectivity index (χ3n) is 5.42. The van der Waals surface area contributed by atoms with E-state index in [4.69, 9.17) is 9.47 Å². The Labute approximate surface area is 182 Å². The maximum Gasteiger partial charge on any atom is 0.254 e. The molecule has 0 saturated carbocycles. The lowest BCUT2D eigenvalue weighted by Gasteiger charge is -2.40. The molecule has 2 aromatic carbocycles. The minimum atomic E-state index is 0.0519. The van der Waals surface area contributed by atoms with Crippen LogP contribution in [0.1, 0.15) is 22.8 Å². The van der Waals surface area contributed by atoms with Crippen molar-refractivity contribution in [2.75, 3.05) is 31.6 Å². The Kier molecular flexibility index (Phi) is 6.02. The first-order valence-corrected chi connectivity index (χ1v) is 10.3. The summed E-state index contributed by atoms with van der Waals surface area (Å²) in [6.45, 7) is 6.07. The van der Waals surface area contributed by atoms with Gasteiger partial charge in [0.25, 0.3) is 5.91 Å². The predicted molar refractivity (Wildman–Crippen MR) is 119 cm³/mol. The highest BCUT2D eigenvalue weighted by atomic mass is 16.5. The van der Waals surface area contributed by atoms with Crippen LogP contribution in [0.2, 0.25) is 0 Å². The number of methoxy groups -OCH3 is 1. The maximum absolute atomic E-state index is 12.9. The van der Waals surface area contributed by atoms with E-state index in [1.807, 2.05) is 66.4 Å². The zero-order valence-electron chi connectivity index (χ0n) is 18.0. The number of piperazine rings is 1. The first kappa shape index (κ1) is 20.7. The van der Waals surface area contributed by atoms with E-state index in [-0.39, 0.29) is 11.9 Å². The van der Waals surface area contributed by atoms with Crippen LogP contribution >= 0.6 is 0 Å². The van der Waals surface area contributed by atoms with Crippen molar-refractivity contribution in [1.82, 2.24) is 14.9 Å². The number of aromatic nitrogens is 2. The van der Waals surface area contributed by atoms with Gasteiger partial charge in [0.15, 0.2) is 11.5 Å². The summed E-state index contributed by atoms with van der Waals surface area (Å²) in [4.78, 5) is 25.7.